The van der Waals surface area contributed by atoms with Crippen LogP contribution in [0.4, 0.5) is 0 Å². The van der Waals surface area contributed by atoms with E-state index in [4.69, 9.17) is 4.74 Å². The summed E-state index contributed by atoms with van der Waals surface area (Å²) in [6, 6.07) is 9.08. The number of cyclic esters (lactones) is 1. The maximum absolute atomic E-state index is 12.1. The van der Waals surface area contributed by atoms with Crippen LogP contribution in [0.15, 0.2) is 30.3 Å². The second kappa shape index (κ2) is 6.39. The molecule has 0 aliphatic carbocycles. The molecular formula is C15H18N2O4. The first-order valence-corrected chi connectivity index (χ1v) is 6.83. The molecule has 0 radical (unpaired) electrons. The van der Waals surface area contributed by atoms with E-state index >= 15 is 0 Å². The highest BCUT2D eigenvalue weighted by Crippen LogP contribution is 2.35. The Balaban J connectivity index is 2.04. The van der Waals surface area contributed by atoms with Crippen LogP contribution in [0.1, 0.15) is 31.9 Å². The molecule has 1 aromatic carbocycles. The van der Waals surface area contributed by atoms with Crippen LogP contribution in [0.2, 0.25) is 0 Å². The van der Waals surface area contributed by atoms with Gasteiger partial charge in [0.25, 0.3) is 0 Å². The van der Waals surface area contributed by atoms with Gasteiger partial charge in [-0.1, -0.05) is 44.2 Å². The number of esters is 1. The molecule has 0 spiro atoms. The van der Waals surface area contributed by atoms with Gasteiger partial charge in [0, 0.05) is 5.92 Å². The summed E-state index contributed by atoms with van der Waals surface area (Å²) in [4.78, 5) is 35.1. The predicted octanol–water partition coefficient (Wildman–Crippen LogP) is 1.09. The Morgan fingerprint density at radius 1 is 1.19 bits per heavy atom. The van der Waals surface area contributed by atoms with Crippen LogP contribution in [0, 0.1) is 11.8 Å². The van der Waals surface area contributed by atoms with Crippen molar-refractivity contribution in [3.8, 4) is 0 Å². The lowest BCUT2D eigenvalue weighted by Crippen LogP contribution is -2.46. The van der Waals surface area contributed by atoms with Gasteiger partial charge < -0.3 is 4.74 Å². The van der Waals surface area contributed by atoms with E-state index in [1.807, 2.05) is 18.2 Å². The highest BCUT2D eigenvalue weighted by Gasteiger charge is 2.40. The highest BCUT2D eigenvalue weighted by molar-refractivity contribution is 5.89. The van der Waals surface area contributed by atoms with E-state index in [-0.39, 0.29) is 18.2 Å². The number of hydrogen-bond donors (Lipinski definition) is 2. The number of nitrogens with one attached hydrogen (secondary N) is 2. The molecule has 1 aromatic rings. The fourth-order valence-corrected chi connectivity index (χ4v) is 2.09. The summed E-state index contributed by atoms with van der Waals surface area (Å²) in [5.41, 5.74) is 5.46. The summed E-state index contributed by atoms with van der Waals surface area (Å²) < 4.78 is 5.22. The van der Waals surface area contributed by atoms with Crippen molar-refractivity contribution in [2.24, 2.45) is 11.8 Å². The van der Waals surface area contributed by atoms with Gasteiger partial charge in [0.15, 0.2) is 0 Å². The third-order valence-corrected chi connectivity index (χ3v) is 3.31. The van der Waals surface area contributed by atoms with Gasteiger partial charge in [-0.2, -0.15) is 0 Å². The first kappa shape index (κ1) is 15.0. The molecule has 0 saturated carbocycles. The van der Waals surface area contributed by atoms with Crippen LogP contribution in [0.3, 0.4) is 0 Å². The molecule has 2 amide bonds. The van der Waals surface area contributed by atoms with E-state index < -0.39 is 23.9 Å². The predicted molar refractivity (Wildman–Crippen MR) is 74.5 cm³/mol. The molecule has 6 nitrogen and oxygen atoms in total. The normalized spacial score (nSPS) is 21.0. The van der Waals surface area contributed by atoms with E-state index in [1.54, 1.807) is 26.0 Å². The van der Waals surface area contributed by atoms with Gasteiger partial charge in [0.1, 0.15) is 6.10 Å². The topological polar surface area (TPSA) is 84.5 Å². The summed E-state index contributed by atoms with van der Waals surface area (Å²) in [7, 11) is 0. The monoisotopic (exact) mass is 290 g/mol. The Hall–Kier alpha value is -2.37. The third kappa shape index (κ3) is 3.59. The van der Waals surface area contributed by atoms with Gasteiger partial charge in [-0.3, -0.25) is 25.2 Å². The fraction of sp³-hybridized carbons (Fsp3) is 0.400. The number of carbonyl (C=O) groups is 3. The van der Waals surface area contributed by atoms with Crippen LogP contribution in [0.5, 0.6) is 0 Å². The van der Waals surface area contributed by atoms with Crippen molar-refractivity contribution in [3.63, 3.8) is 0 Å². The summed E-state index contributed by atoms with van der Waals surface area (Å²) in [5.74, 6) is -2.02. The molecule has 2 N–H and O–H groups in total. The number of amides is 2. The van der Waals surface area contributed by atoms with Gasteiger partial charge in [0.05, 0.1) is 12.3 Å². The van der Waals surface area contributed by atoms with E-state index in [0.29, 0.717) is 0 Å². The molecule has 0 unspecified atom stereocenters. The molecule has 112 valence electrons. The Labute approximate surface area is 122 Å². The van der Waals surface area contributed by atoms with Crippen LogP contribution >= 0.6 is 0 Å². The van der Waals surface area contributed by atoms with Crippen molar-refractivity contribution in [1.29, 1.82) is 0 Å². The van der Waals surface area contributed by atoms with Crippen LogP contribution in [-0.4, -0.2) is 17.8 Å². The number of benzene rings is 1. The van der Waals surface area contributed by atoms with Gasteiger partial charge in [-0.15, -0.1) is 0 Å². The Morgan fingerprint density at radius 2 is 1.86 bits per heavy atom. The van der Waals surface area contributed by atoms with Crippen molar-refractivity contribution in [2.75, 3.05) is 0 Å². The van der Waals surface area contributed by atoms with Crippen molar-refractivity contribution in [2.45, 2.75) is 26.4 Å². The average molecular weight is 290 g/mol. The largest absolute Gasteiger partial charge is 0.457 e. The number of carbonyl (C=O) groups excluding carboxylic acids is 3. The summed E-state index contributed by atoms with van der Waals surface area (Å²) >= 11 is 0. The maximum Gasteiger partial charge on any atom is 0.307 e. The van der Waals surface area contributed by atoms with Crippen molar-refractivity contribution in [3.05, 3.63) is 35.9 Å². The number of rotatable bonds is 3. The zero-order valence-corrected chi connectivity index (χ0v) is 12.0. The van der Waals surface area contributed by atoms with Gasteiger partial charge in [-0.25, -0.2) is 0 Å². The van der Waals surface area contributed by atoms with Crippen molar-refractivity contribution < 1.29 is 19.1 Å². The van der Waals surface area contributed by atoms with Crippen LogP contribution in [-0.2, 0) is 19.1 Å². The summed E-state index contributed by atoms with van der Waals surface area (Å²) in [6.07, 6.45) is -0.613. The lowest BCUT2D eigenvalue weighted by atomic mass is 9.95. The van der Waals surface area contributed by atoms with E-state index in [0.717, 1.165) is 5.56 Å². The summed E-state index contributed by atoms with van der Waals surface area (Å²) in [6.45, 7) is 3.44. The third-order valence-electron chi connectivity index (χ3n) is 3.31. The lowest BCUT2D eigenvalue weighted by Gasteiger charge is -2.18. The number of hydrogen-bond acceptors (Lipinski definition) is 4. The molecule has 1 heterocycles. The Morgan fingerprint density at radius 3 is 2.48 bits per heavy atom. The van der Waals surface area contributed by atoms with E-state index in [2.05, 4.69) is 10.9 Å². The molecular weight excluding hydrogens is 272 g/mol. The Kier molecular flexibility index (Phi) is 4.57. The zero-order valence-electron chi connectivity index (χ0n) is 12.0. The van der Waals surface area contributed by atoms with E-state index in [1.165, 1.54) is 0 Å². The molecule has 1 saturated heterocycles. The molecule has 1 aliphatic heterocycles. The molecule has 2 rings (SSSR count). The fourth-order valence-electron chi connectivity index (χ4n) is 2.09. The molecule has 1 aliphatic rings. The molecule has 6 heteroatoms. The SMILES string of the molecule is CC(C)C(=O)NNC(=O)[C@H]1CC(=O)O[C@H]1c1ccccc1. The van der Waals surface area contributed by atoms with Gasteiger partial charge in [-0.05, 0) is 5.56 Å². The minimum Gasteiger partial charge on any atom is -0.457 e. The van der Waals surface area contributed by atoms with Crippen LogP contribution in [0.25, 0.3) is 0 Å². The van der Waals surface area contributed by atoms with Crippen molar-refractivity contribution >= 4 is 17.8 Å². The van der Waals surface area contributed by atoms with Gasteiger partial charge >= 0.3 is 5.97 Å². The van der Waals surface area contributed by atoms with Gasteiger partial charge in [0.2, 0.25) is 11.8 Å². The van der Waals surface area contributed by atoms with E-state index in [9.17, 15) is 14.4 Å². The van der Waals surface area contributed by atoms with Crippen LogP contribution < -0.4 is 10.9 Å². The maximum atomic E-state index is 12.1. The summed E-state index contributed by atoms with van der Waals surface area (Å²) in [5, 5.41) is 0. The minimum atomic E-state index is -0.646. The smallest absolute Gasteiger partial charge is 0.307 e. The minimum absolute atomic E-state index is 0.00292. The second-order valence-electron chi connectivity index (χ2n) is 5.26. The Bertz CT molecular complexity index is 542. The quantitative estimate of drug-likeness (QED) is 0.645. The lowest BCUT2D eigenvalue weighted by molar-refractivity contribution is -0.142. The first-order chi connectivity index (χ1) is 9.99. The molecule has 1 fully saturated rings. The molecule has 0 aromatic heterocycles. The molecule has 2 atom stereocenters. The average Bonchev–Trinajstić information content (AvgIpc) is 2.87. The number of ether oxygens (including phenoxy) is 1. The van der Waals surface area contributed by atoms with Crippen molar-refractivity contribution in [1.82, 2.24) is 10.9 Å². The molecule has 0 bridgehead atoms. The molecule has 21 heavy (non-hydrogen) atoms. The second-order valence-corrected chi connectivity index (χ2v) is 5.26. The number of hydrazine groups is 1. The standard InChI is InChI=1S/C15H18N2O4/c1-9(2)14(19)16-17-15(20)11-8-12(18)21-13(11)10-6-4-3-5-7-10/h3-7,9,11,13H,8H2,1-2H3,(H,16,19)(H,17,20)/t11-,13-/m0/s1. The zero-order chi connectivity index (χ0) is 15.4. The highest BCUT2D eigenvalue weighted by atomic mass is 16.6. The first-order valence-electron chi connectivity index (χ1n) is 6.83.